The second kappa shape index (κ2) is 9.24. The van der Waals surface area contributed by atoms with Crippen molar-refractivity contribution in [3.8, 4) is 22.1 Å². The van der Waals surface area contributed by atoms with Gasteiger partial charge in [0.15, 0.2) is 11.5 Å². The fourth-order valence-corrected chi connectivity index (χ4v) is 3.05. The van der Waals surface area contributed by atoms with Gasteiger partial charge in [0.25, 0.3) is 0 Å². The average Bonchev–Trinajstić information content (AvgIpc) is 3.21. The summed E-state index contributed by atoms with van der Waals surface area (Å²) in [7, 11) is 1.77. The molecule has 3 rings (SSSR count). The Balaban J connectivity index is 0.00000156. The van der Waals surface area contributed by atoms with Gasteiger partial charge in [-0.2, -0.15) is 0 Å². The van der Waals surface area contributed by atoms with Gasteiger partial charge in [-0.3, -0.25) is 4.79 Å². The van der Waals surface area contributed by atoms with Gasteiger partial charge >= 0.3 is 0 Å². The number of halogens is 2. The number of nitrogens with two attached hydrogens (primary N) is 1. The number of carbonyl (C=O) groups is 1. The standard InChI is InChI=1S/C16H19N3O3S.2ClH/c1-10(7-17)19(2)15(20)6-12-8-23-16(18-12)11-3-4-13-14(5-11)22-9-21-13;;/h3-5,8,10H,6-7,9,17H2,1-2H3;2*1H. The van der Waals surface area contributed by atoms with Crippen LogP contribution in [0.4, 0.5) is 0 Å². The van der Waals surface area contributed by atoms with Crippen molar-refractivity contribution in [1.82, 2.24) is 9.88 Å². The molecule has 1 aliphatic heterocycles. The molecular weight excluding hydrogens is 385 g/mol. The van der Waals surface area contributed by atoms with E-state index in [1.54, 1.807) is 11.9 Å². The van der Waals surface area contributed by atoms with E-state index in [-0.39, 0.29) is 50.0 Å². The van der Waals surface area contributed by atoms with Crippen LogP contribution in [0.15, 0.2) is 23.6 Å². The van der Waals surface area contributed by atoms with Gasteiger partial charge in [0, 0.05) is 30.6 Å². The first kappa shape index (κ1) is 21.5. The summed E-state index contributed by atoms with van der Waals surface area (Å²) in [5.41, 5.74) is 7.33. The minimum Gasteiger partial charge on any atom is -0.454 e. The van der Waals surface area contributed by atoms with E-state index in [1.807, 2.05) is 30.5 Å². The number of benzene rings is 1. The maximum atomic E-state index is 12.2. The van der Waals surface area contributed by atoms with Crippen LogP contribution in [0.1, 0.15) is 12.6 Å². The van der Waals surface area contributed by atoms with Crippen LogP contribution >= 0.6 is 36.2 Å². The van der Waals surface area contributed by atoms with Crippen LogP contribution in [0.5, 0.6) is 11.5 Å². The molecule has 1 amide bonds. The Labute approximate surface area is 163 Å². The first-order valence-electron chi connectivity index (χ1n) is 7.38. The molecule has 25 heavy (non-hydrogen) atoms. The number of thiazole rings is 1. The summed E-state index contributed by atoms with van der Waals surface area (Å²) >= 11 is 1.51. The molecule has 2 aromatic rings. The number of hydrogen-bond donors (Lipinski definition) is 1. The van der Waals surface area contributed by atoms with Crippen molar-refractivity contribution in [1.29, 1.82) is 0 Å². The number of carbonyl (C=O) groups excluding carboxylic acids is 1. The molecule has 1 aliphatic rings. The van der Waals surface area contributed by atoms with E-state index >= 15 is 0 Å². The van der Waals surface area contributed by atoms with E-state index in [1.165, 1.54) is 11.3 Å². The Kier molecular flexibility index (Phi) is 7.95. The Morgan fingerprint density at radius 3 is 2.80 bits per heavy atom. The van der Waals surface area contributed by atoms with E-state index in [0.717, 1.165) is 27.8 Å². The second-order valence-electron chi connectivity index (χ2n) is 5.48. The number of nitrogens with zero attached hydrogens (tertiary/aromatic N) is 2. The lowest BCUT2D eigenvalue weighted by molar-refractivity contribution is -0.130. The van der Waals surface area contributed by atoms with Crippen LogP contribution in [0.25, 0.3) is 10.6 Å². The van der Waals surface area contributed by atoms with Gasteiger partial charge in [0.05, 0.1) is 12.1 Å². The highest BCUT2D eigenvalue weighted by Crippen LogP contribution is 2.36. The molecule has 9 heteroatoms. The molecule has 0 aliphatic carbocycles. The number of hydrogen-bond acceptors (Lipinski definition) is 6. The van der Waals surface area contributed by atoms with Crippen molar-refractivity contribution < 1.29 is 14.3 Å². The lowest BCUT2D eigenvalue weighted by Gasteiger charge is -2.23. The number of amides is 1. The van der Waals surface area contributed by atoms with Gasteiger partial charge in [0.1, 0.15) is 5.01 Å². The van der Waals surface area contributed by atoms with Crippen molar-refractivity contribution in [2.75, 3.05) is 20.4 Å². The molecule has 1 aromatic carbocycles. The van der Waals surface area contributed by atoms with Crippen LogP contribution in [0.2, 0.25) is 0 Å². The number of likely N-dealkylation sites (N-methyl/N-ethyl adjacent to an activating group) is 1. The minimum absolute atomic E-state index is 0. The lowest BCUT2D eigenvalue weighted by Crippen LogP contribution is -2.40. The summed E-state index contributed by atoms with van der Waals surface area (Å²) in [6.45, 7) is 2.63. The van der Waals surface area contributed by atoms with E-state index in [2.05, 4.69) is 4.98 Å². The summed E-state index contributed by atoms with van der Waals surface area (Å²) in [5.74, 6) is 1.50. The number of ether oxygens (including phenoxy) is 2. The van der Waals surface area contributed by atoms with Crippen LogP contribution in [0, 0.1) is 0 Å². The monoisotopic (exact) mass is 405 g/mol. The minimum atomic E-state index is 0. The van der Waals surface area contributed by atoms with E-state index in [4.69, 9.17) is 15.2 Å². The summed E-state index contributed by atoms with van der Waals surface area (Å²) in [6, 6.07) is 5.76. The molecule has 1 atom stereocenters. The fraction of sp³-hybridized carbons (Fsp3) is 0.375. The number of rotatable bonds is 5. The molecule has 0 spiro atoms. The molecule has 0 bridgehead atoms. The van der Waals surface area contributed by atoms with Gasteiger partial charge in [-0.15, -0.1) is 36.2 Å². The second-order valence-corrected chi connectivity index (χ2v) is 6.34. The third-order valence-corrected chi connectivity index (χ3v) is 4.84. The molecule has 2 N–H and O–H groups in total. The zero-order valence-electron chi connectivity index (χ0n) is 13.9. The highest BCUT2D eigenvalue weighted by Gasteiger charge is 2.18. The maximum Gasteiger partial charge on any atom is 0.231 e. The molecule has 0 radical (unpaired) electrons. The molecule has 1 unspecified atom stereocenters. The molecular formula is C16H21Cl2N3O3S. The third-order valence-electron chi connectivity index (χ3n) is 3.90. The summed E-state index contributed by atoms with van der Waals surface area (Å²) in [5, 5.41) is 2.78. The Bertz CT molecular complexity index is 726. The van der Waals surface area contributed by atoms with Gasteiger partial charge in [-0.05, 0) is 25.1 Å². The number of fused-ring (bicyclic) bond motifs is 1. The van der Waals surface area contributed by atoms with Crippen molar-refractivity contribution in [3.05, 3.63) is 29.3 Å². The first-order valence-corrected chi connectivity index (χ1v) is 8.26. The zero-order valence-corrected chi connectivity index (χ0v) is 16.4. The molecule has 0 fully saturated rings. The van der Waals surface area contributed by atoms with Crippen molar-refractivity contribution in [2.45, 2.75) is 19.4 Å². The van der Waals surface area contributed by atoms with Gasteiger partial charge in [-0.25, -0.2) is 4.98 Å². The van der Waals surface area contributed by atoms with E-state index in [9.17, 15) is 4.79 Å². The molecule has 2 heterocycles. The van der Waals surface area contributed by atoms with Crippen molar-refractivity contribution >= 4 is 42.1 Å². The average molecular weight is 406 g/mol. The van der Waals surface area contributed by atoms with Crippen LogP contribution in [-0.4, -0.2) is 42.2 Å². The molecule has 0 saturated heterocycles. The summed E-state index contributed by atoms with van der Waals surface area (Å²) in [4.78, 5) is 18.4. The molecule has 138 valence electrons. The van der Waals surface area contributed by atoms with Crippen LogP contribution in [0.3, 0.4) is 0 Å². The Hall–Kier alpha value is -1.54. The SMILES string of the molecule is CC(CN)N(C)C(=O)Cc1csc(-c2ccc3c(c2)OCO3)n1.Cl.Cl. The predicted octanol–water partition coefficient (Wildman–Crippen LogP) is 2.73. The van der Waals surface area contributed by atoms with Crippen LogP contribution < -0.4 is 15.2 Å². The topological polar surface area (TPSA) is 77.7 Å². The largest absolute Gasteiger partial charge is 0.454 e. The van der Waals surface area contributed by atoms with Gasteiger partial charge in [0.2, 0.25) is 12.7 Å². The molecule has 0 saturated carbocycles. The van der Waals surface area contributed by atoms with E-state index in [0.29, 0.717) is 6.54 Å². The highest BCUT2D eigenvalue weighted by atomic mass is 35.5. The van der Waals surface area contributed by atoms with Crippen molar-refractivity contribution in [3.63, 3.8) is 0 Å². The predicted molar refractivity (Wildman–Crippen MR) is 103 cm³/mol. The quantitative estimate of drug-likeness (QED) is 0.826. The first-order chi connectivity index (χ1) is 11.1. The van der Waals surface area contributed by atoms with Crippen LogP contribution in [-0.2, 0) is 11.2 Å². The highest BCUT2D eigenvalue weighted by molar-refractivity contribution is 7.13. The molecule has 1 aromatic heterocycles. The van der Waals surface area contributed by atoms with E-state index < -0.39 is 0 Å². The number of aromatic nitrogens is 1. The smallest absolute Gasteiger partial charge is 0.231 e. The molecule has 6 nitrogen and oxygen atoms in total. The Morgan fingerprint density at radius 2 is 2.08 bits per heavy atom. The summed E-state index contributed by atoms with van der Waals surface area (Å²) < 4.78 is 10.7. The third kappa shape index (κ3) is 4.76. The maximum absolute atomic E-state index is 12.2. The van der Waals surface area contributed by atoms with Gasteiger partial charge < -0.3 is 20.1 Å². The van der Waals surface area contributed by atoms with Gasteiger partial charge in [-0.1, -0.05) is 0 Å². The van der Waals surface area contributed by atoms with Crippen molar-refractivity contribution in [2.24, 2.45) is 5.73 Å². The normalized spacial score (nSPS) is 12.8. The summed E-state index contributed by atoms with van der Waals surface area (Å²) in [6.07, 6.45) is 0.280. The Morgan fingerprint density at radius 1 is 1.36 bits per heavy atom. The fourth-order valence-electron chi connectivity index (χ4n) is 2.23. The zero-order chi connectivity index (χ0) is 16.4. The lowest BCUT2D eigenvalue weighted by atomic mass is 10.2.